The SMILES string of the molecule is C[NH+]1CCc2ncc(N)cc2C1. The van der Waals surface area contributed by atoms with Crippen LogP contribution < -0.4 is 10.6 Å². The van der Waals surface area contributed by atoms with E-state index in [1.54, 1.807) is 6.20 Å². The van der Waals surface area contributed by atoms with Crippen LogP contribution in [0.3, 0.4) is 0 Å². The number of fused-ring (bicyclic) bond motifs is 1. The highest BCUT2D eigenvalue weighted by atomic mass is 15.1. The van der Waals surface area contributed by atoms with Gasteiger partial charge in [-0.1, -0.05) is 0 Å². The Kier molecular flexibility index (Phi) is 1.73. The molecule has 1 aliphatic rings. The zero-order chi connectivity index (χ0) is 8.55. The smallest absolute Gasteiger partial charge is 0.104 e. The van der Waals surface area contributed by atoms with Gasteiger partial charge < -0.3 is 10.6 Å². The molecule has 3 nitrogen and oxygen atoms in total. The first kappa shape index (κ1) is 7.55. The van der Waals surface area contributed by atoms with Gasteiger partial charge in [-0.05, 0) is 6.07 Å². The van der Waals surface area contributed by atoms with Crippen LogP contribution in [-0.4, -0.2) is 18.6 Å². The van der Waals surface area contributed by atoms with Gasteiger partial charge in [-0.25, -0.2) is 0 Å². The van der Waals surface area contributed by atoms with Gasteiger partial charge in [0, 0.05) is 12.0 Å². The molecule has 0 radical (unpaired) electrons. The molecule has 0 spiro atoms. The van der Waals surface area contributed by atoms with Gasteiger partial charge in [0.15, 0.2) is 0 Å². The van der Waals surface area contributed by atoms with Gasteiger partial charge in [-0.2, -0.15) is 0 Å². The summed E-state index contributed by atoms with van der Waals surface area (Å²) in [6, 6.07) is 2.05. The molecule has 64 valence electrons. The molecule has 1 aromatic heterocycles. The standard InChI is InChI=1S/C9H13N3/c1-12-3-2-9-7(6-12)4-8(10)5-11-9/h4-5H,2-3,6,10H2,1H3/p+1. The first-order chi connectivity index (χ1) is 5.75. The lowest BCUT2D eigenvalue weighted by atomic mass is 10.1. The molecule has 1 unspecified atom stereocenters. The molecule has 0 saturated carbocycles. The van der Waals surface area contributed by atoms with E-state index in [0.29, 0.717) is 0 Å². The Morgan fingerprint density at radius 2 is 2.42 bits per heavy atom. The van der Waals surface area contributed by atoms with Gasteiger partial charge in [0.2, 0.25) is 0 Å². The zero-order valence-electron chi connectivity index (χ0n) is 7.30. The highest BCUT2D eigenvalue weighted by Crippen LogP contribution is 2.11. The van der Waals surface area contributed by atoms with Crippen LogP contribution in [0.4, 0.5) is 5.69 Å². The van der Waals surface area contributed by atoms with Crippen molar-refractivity contribution in [1.82, 2.24) is 4.98 Å². The summed E-state index contributed by atoms with van der Waals surface area (Å²) in [4.78, 5) is 5.85. The fourth-order valence-corrected chi connectivity index (χ4v) is 1.68. The van der Waals surface area contributed by atoms with E-state index in [1.165, 1.54) is 22.7 Å². The van der Waals surface area contributed by atoms with E-state index in [4.69, 9.17) is 5.73 Å². The third-order valence-corrected chi connectivity index (χ3v) is 2.36. The number of hydrogen-bond donors (Lipinski definition) is 2. The van der Waals surface area contributed by atoms with Crippen molar-refractivity contribution in [3.8, 4) is 0 Å². The lowest BCUT2D eigenvalue weighted by Crippen LogP contribution is -3.08. The summed E-state index contributed by atoms with van der Waals surface area (Å²) in [5, 5.41) is 0. The van der Waals surface area contributed by atoms with Crippen LogP contribution in [-0.2, 0) is 13.0 Å². The Morgan fingerprint density at radius 3 is 3.25 bits per heavy atom. The van der Waals surface area contributed by atoms with Gasteiger partial charge in [-0.3, -0.25) is 4.98 Å². The van der Waals surface area contributed by atoms with E-state index in [9.17, 15) is 0 Å². The molecule has 3 N–H and O–H groups in total. The Hall–Kier alpha value is -1.09. The lowest BCUT2D eigenvalue weighted by molar-refractivity contribution is -0.895. The molecular formula is C9H14N3+. The predicted molar refractivity (Wildman–Crippen MR) is 47.8 cm³/mol. The summed E-state index contributed by atoms with van der Waals surface area (Å²) in [6.45, 7) is 2.25. The average Bonchev–Trinajstić information content (AvgIpc) is 2.03. The summed E-state index contributed by atoms with van der Waals surface area (Å²) in [7, 11) is 2.20. The molecule has 1 aliphatic heterocycles. The van der Waals surface area contributed by atoms with Gasteiger partial charge in [0.1, 0.15) is 6.54 Å². The largest absolute Gasteiger partial charge is 0.397 e. The number of nitrogens with two attached hydrogens (primary N) is 1. The maximum absolute atomic E-state index is 5.66. The van der Waals surface area contributed by atoms with Gasteiger partial charge in [0.25, 0.3) is 0 Å². The quantitative estimate of drug-likeness (QED) is 0.529. The highest BCUT2D eigenvalue weighted by Gasteiger charge is 2.16. The van der Waals surface area contributed by atoms with E-state index < -0.39 is 0 Å². The van der Waals surface area contributed by atoms with Crippen LogP contribution >= 0.6 is 0 Å². The van der Waals surface area contributed by atoms with E-state index in [0.717, 1.165) is 18.7 Å². The monoisotopic (exact) mass is 164 g/mol. The van der Waals surface area contributed by atoms with E-state index >= 15 is 0 Å². The van der Waals surface area contributed by atoms with E-state index in [1.807, 2.05) is 6.07 Å². The second-order valence-corrected chi connectivity index (χ2v) is 3.51. The van der Waals surface area contributed by atoms with Gasteiger partial charge >= 0.3 is 0 Å². The van der Waals surface area contributed by atoms with Crippen LogP contribution in [0.15, 0.2) is 12.3 Å². The third-order valence-electron chi connectivity index (χ3n) is 2.36. The van der Waals surface area contributed by atoms with Crippen LogP contribution in [0.2, 0.25) is 0 Å². The van der Waals surface area contributed by atoms with Crippen molar-refractivity contribution in [3.63, 3.8) is 0 Å². The molecule has 12 heavy (non-hydrogen) atoms. The second kappa shape index (κ2) is 2.75. The molecule has 0 fully saturated rings. The lowest BCUT2D eigenvalue weighted by Gasteiger charge is -2.21. The number of likely N-dealkylation sites (N-methyl/N-ethyl adjacent to an activating group) is 1. The Labute approximate surface area is 72.2 Å². The number of hydrogen-bond acceptors (Lipinski definition) is 2. The molecule has 2 heterocycles. The fourth-order valence-electron chi connectivity index (χ4n) is 1.68. The van der Waals surface area contributed by atoms with Gasteiger partial charge in [0.05, 0.1) is 31.2 Å². The van der Waals surface area contributed by atoms with Crippen molar-refractivity contribution < 1.29 is 4.90 Å². The predicted octanol–water partition coefficient (Wildman–Crippen LogP) is -0.765. The maximum atomic E-state index is 5.66. The molecule has 1 aromatic rings. The average molecular weight is 164 g/mol. The first-order valence-electron chi connectivity index (χ1n) is 4.30. The molecule has 0 aliphatic carbocycles. The number of nitrogens with one attached hydrogen (secondary N) is 1. The van der Waals surface area contributed by atoms with Crippen LogP contribution in [0, 0.1) is 0 Å². The van der Waals surface area contributed by atoms with Crippen molar-refractivity contribution in [3.05, 3.63) is 23.5 Å². The van der Waals surface area contributed by atoms with Crippen LogP contribution in [0.5, 0.6) is 0 Å². The van der Waals surface area contributed by atoms with Crippen molar-refractivity contribution in [1.29, 1.82) is 0 Å². The van der Waals surface area contributed by atoms with Crippen molar-refractivity contribution in [2.75, 3.05) is 19.3 Å². The number of quaternary nitrogens is 1. The summed E-state index contributed by atoms with van der Waals surface area (Å²) in [6.07, 6.45) is 2.83. The van der Waals surface area contributed by atoms with Gasteiger partial charge in [-0.15, -0.1) is 0 Å². The molecule has 0 bridgehead atoms. The summed E-state index contributed by atoms with van der Waals surface area (Å²) >= 11 is 0. The fraction of sp³-hybridized carbons (Fsp3) is 0.444. The molecule has 0 amide bonds. The van der Waals surface area contributed by atoms with E-state index in [-0.39, 0.29) is 0 Å². The Balaban J connectivity index is 2.37. The maximum Gasteiger partial charge on any atom is 0.104 e. The molecular weight excluding hydrogens is 150 g/mol. The number of rotatable bonds is 0. The van der Waals surface area contributed by atoms with Crippen LogP contribution in [0.1, 0.15) is 11.3 Å². The molecule has 0 saturated heterocycles. The Bertz CT molecular complexity index is 296. The minimum absolute atomic E-state index is 0.781. The summed E-state index contributed by atoms with van der Waals surface area (Å²) in [5.74, 6) is 0. The highest BCUT2D eigenvalue weighted by molar-refractivity contribution is 5.40. The number of nitrogens with zero attached hydrogens (tertiary/aromatic N) is 1. The normalized spacial score (nSPS) is 21.9. The number of nitrogen functional groups attached to an aromatic ring is 1. The number of aromatic nitrogens is 1. The van der Waals surface area contributed by atoms with Crippen molar-refractivity contribution in [2.45, 2.75) is 13.0 Å². The molecule has 2 rings (SSSR count). The minimum atomic E-state index is 0.781. The third kappa shape index (κ3) is 1.28. The van der Waals surface area contributed by atoms with E-state index in [2.05, 4.69) is 12.0 Å². The molecule has 3 heteroatoms. The molecule has 1 atom stereocenters. The summed E-state index contributed by atoms with van der Waals surface area (Å²) < 4.78 is 0. The first-order valence-corrected chi connectivity index (χ1v) is 4.30. The molecule has 0 aromatic carbocycles. The summed E-state index contributed by atoms with van der Waals surface area (Å²) in [5.41, 5.74) is 8.99. The van der Waals surface area contributed by atoms with Crippen LogP contribution in [0.25, 0.3) is 0 Å². The number of pyridine rings is 1. The van der Waals surface area contributed by atoms with Crippen molar-refractivity contribution in [2.24, 2.45) is 0 Å². The second-order valence-electron chi connectivity index (χ2n) is 3.51. The minimum Gasteiger partial charge on any atom is -0.397 e. The zero-order valence-corrected chi connectivity index (χ0v) is 7.30. The topological polar surface area (TPSA) is 43.4 Å². The van der Waals surface area contributed by atoms with Crippen molar-refractivity contribution >= 4 is 5.69 Å². The number of anilines is 1. The Morgan fingerprint density at radius 1 is 1.58 bits per heavy atom.